The van der Waals surface area contributed by atoms with Crippen molar-refractivity contribution in [3.8, 4) is 11.3 Å². The minimum absolute atomic E-state index is 0.193. The van der Waals surface area contributed by atoms with Crippen molar-refractivity contribution in [1.82, 2.24) is 14.5 Å². The van der Waals surface area contributed by atoms with Crippen LogP contribution in [0.4, 0.5) is 5.69 Å². The van der Waals surface area contributed by atoms with Crippen LogP contribution in [0.15, 0.2) is 61.1 Å². The number of benzene rings is 2. The third-order valence-electron chi connectivity index (χ3n) is 7.03. The second-order valence-corrected chi connectivity index (χ2v) is 9.46. The number of amides is 1. The third-order valence-corrected chi connectivity index (χ3v) is 7.27. The number of likely N-dealkylation sites (N-methyl/N-ethyl adjacent to an activating group) is 1. The van der Waals surface area contributed by atoms with Crippen molar-refractivity contribution in [3.63, 3.8) is 0 Å². The van der Waals surface area contributed by atoms with Crippen molar-refractivity contribution in [2.24, 2.45) is 5.92 Å². The Labute approximate surface area is 194 Å². The fourth-order valence-electron chi connectivity index (χ4n) is 5.20. The first-order valence-electron chi connectivity index (χ1n) is 11.5. The van der Waals surface area contributed by atoms with E-state index in [-0.39, 0.29) is 5.91 Å². The van der Waals surface area contributed by atoms with Gasteiger partial charge in [-0.1, -0.05) is 41.9 Å². The third kappa shape index (κ3) is 4.14. The minimum Gasteiger partial charge on any atom is -0.365 e. The van der Waals surface area contributed by atoms with Gasteiger partial charge in [0.2, 0.25) is 5.91 Å². The van der Waals surface area contributed by atoms with Gasteiger partial charge in [0.25, 0.3) is 0 Å². The number of carbonyl (C=O) groups is 1. The van der Waals surface area contributed by atoms with Crippen LogP contribution in [-0.4, -0.2) is 47.0 Å². The summed E-state index contributed by atoms with van der Waals surface area (Å²) >= 11 is 6.09. The monoisotopic (exact) mass is 448 g/mol. The van der Waals surface area contributed by atoms with Gasteiger partial charge < -0.3 is 14.4 Å². The molecule has 1 saturated heterocycles. The molecule has 3 aromatic rings. The number of hydrogen-bond acceptors (Lipinski definition) is 3. The quantitative estimate of drug-likeness (QED) is 0.516. The summed E-state index contributed by atoms with van der Waals surface area (Å²) in [6, 6.07) is 16.7. The summed E-state index contributed by atoms with van der Waals surface area (Å²) in [6.07, 6.45) is 8.41. The summed E-state index contributed by atoms with van der Waals surface area (Å²) in [6.45, 7) is 2.09. The largest absolute Gasteiger partial charge is 0.365 e. The van der Waals surface area contributed by atoms with E-state index in [1.807, 2.05) is 53.6 Å². The SMILES string of the molecule is CN(CC(=O)N1CCC(CCC2c3ccccc3-c3cncn32)CC1)c1cccc(Cl)c1. The molecule has 2 aromatic carbocycles. The van der Waals surface area contributed by atoms with Crippen LogP contribution in [0.3, 0.4) is 0 Å². The van der Waals surface area contributed by atoms with Crippen molar-refractivity contribution >= 4 is 23.2 Å². The topological polar surface area (TPSA) is 41.4 Å². The van der Waals surface area contributed by atoms with Gasteiger partial charge in [-0.3, -0.25) is 4.79 Å². The fraction of sp³-hybridized carbons (Fsp3) is 0.385. The number of carbonyl (C=O) groups excluding carboxylic acids is 1. The Morgan fingerprint density at radius 1 is 1.12 bits per heavy atom. The Morgan fingerprint density at radius 2 is 1.94 bits per heavy atom. The minimum atomic E-state index is 0.193. The molecular weight excluding hydrogens is 420 g/mol. The molecule has 0 saturated carbocycles. The number of fused-ring (bicyclic) bond motifs is 3. The lowest BCUT2D eigenvalue weighted by Crippen LogP contribution is -2.43. The van der Waals surface area contributed by atoms with Crippen LogP contribution in [-0.2, 0) is 4.79 Å². The zero-order chi connectivity index (χ0) is 22.1. The van der Waals surface area contributed by atoms with Gasteiger partial charge in [-0.15, -0.1) is 0 Å². The lowest BCUT2D eigenvalue weighted by molar-refractivity contribution is -0.131. The molecule has 0 radical (unpaired) electrons. The molecule has 1 fully saturated rings. The van der Waals surface area contributed by atoms with Gasteiger partial charge in [0, 0.05) is 36.4 Å². The highest BCUT2D eigenvalue weighted by molar-refractivity contribution is 6.30. The Balaban J connectivity index is 1.13. The molecule has 0 N–H and O–H groups in total. The van der Waals surface area contributed by atoms with E-state index in [1.165, 1.54) is 23.2 Å². The number of aromatic nitrogens is 2. The number of rotatable bonds is 6. The molecule has 32 heavy (non-hydrogen) atoms. The summed E-state index contributed by atoms with van der Waals surface area (Å²) in [5, 5.41) is 0.690. The maximum atomic E-state index is 12.8. The Hall–Kier alpha value is -2.79. The second kappa shape index (κ2) is 8.99. The van der Waals surface area contributed by atoms with E-state index in [4.69, 9.17) is 11.6 Å². The average Bonchev–Trinajstić information content (AvgIpc) is 3.39. The molecule has 0 aliphatic carbocycles. The fourth-order valence-corrected chi connectivity index (χ4v) is 5.38. The molecule has 5 nitrogen and oxygen atoms in total. The molecular formula is C26H29ClN4O. The normalized spacial score (nSPS) is 17.8. The number of halogens is 1. The van der Waals surface area contributed by atoms with E-state index in [0.29, 0.717) is 23.5 Å². The molecule has 2 aliphatic heterocycles. The van der Waals surface area contributed by atoms with Crippen molar-refractivity contribution in [1.29, 1.82) is 0 Å². The van der Waals surface area contributed by atoms with E-state index in [0.717, 1.165) is 38.0 Å². The van der Waals surface area contributed by atoms with Crippen molar-refractivity contribution in [2.75, 3.05) is 31.6 Å². The number of imidazole rings is 1. The van der Waals surface area contributed by atoms with E-state index in [2.05, 4.69) is 33.8 Å². The first-order valence-corrected chi connectivity index (χ1v) is 11.8. The standard InChI is InChI=1S/C26H29ClN4O/c1-29(21-6-4-5-20(27)15-21)17-26(32)30-13-11-19(12-14-30)9-10-24-22-7-2-3-8-23(22)25-16-28-18-31(24)25/h2-8,15-16,18-19,24H,9-14,17H2,1H3. The highest BCUT2D eigenvalue weighted by Gasteiger charge is 2.29. The van der Waals surface area contributed by atoms with Crippen LogP contribution < -0.4 is 4.90 Å². The maximum absolute atomic E-state index is 12.8. The van der Waals surface area contributed by atoms with Crippen molar-refractivity contribution in [3.05, 3.63) is 71.6 Å². The van der Waals surface area contributed by atoms with E-state index >= 15 is 0 Å². The number of nitrogens with zero attached hydrogens (tertiary/aromatic N) is 4. The van der Waals surface area contributed by atoms with Gasteiger partial charge in [0.1, 0.15) is 0 Å². The van der Waals surface area contributed by atoms with Crippen LogP contribution in [0, 0.1) is 5.92 Å². The maximum Gasteiger partial charge on any atom is 0.242 e. The van der Waals surface area contributed by atoms with Gasteiger partial charge in [0.15, 0.2) is 0 Å². The lowest BCUT2D eigenvalue weighted by Gasteiger charge is -2.34. The molecule has 1 unspecified atom stereocenters. The number of piperidine rings is 1. The molecule has 166 valence electrons. The lowest BCUT2D eigenvalue weighted by atomic mass is 9.89. The summed E-state index contributed by atoms with van der Waals surface area (Å²) in [7, 11) is 1.94. The Morgan fingerprint density at radius 3 is 2.75 bits per heavy atom. The van der Waals surface area contributed by atoms with Gasteiger partial charge >= 0.3 is 0 Å². The summed E-state index contributed by atoms with van der Waals surface area (Å²) in [5.74, 6) is 0.864. The highest BCUT2D eigenvalue weighted by Crippen LogP contribution is 2.42. The zero-order valence-corrected chi connectivity index (χ0v) is 19.2. The molecule has 1 atom stereocenters. The van der Waals surface area contributed by atoms with Crippen molar-refractivity contribution < 1.29 is 4.79 Å². The van der Waals surface area contributed by atoms with E-state index < -0.39 is 0 Å². The Bertz CT molecular complexity index is 1100. The zero-order valence-electron chi connectivity index (χ0n) is 18.5. The average molecular weight is 449 g/mol. The molecule has 6 heteroatoms. The molecule has 1 aromatic heterocycles. The molecule has 0 spiro atoms. The van der Waals surface area contributed by atoms with E-state index in [1.54, 1.807) is 0 Å². The summed E-state index contributed by atoms with van der Waals surface area (Å²) in [5.41, 5.74) is 4.94. The predicted octanol–water partition coefficient (Wildman–Crippen LogP) is 5.26. The van der Waals surface area contributed by atoms with Crippen LogP contribution in [0.2, 0.25) is 5.02 Å². The van der Waals surface area contributed by atoms with Crippen LogP contribution in [0.5, 0.6) is 0 Å². The smallest absolute Gasteiger partial charge is 0.242 e. The molecule has 5 rings (SSSR count). The molecule has 0 bridgehead atoms. The number of hydrogen-bond donors (Lipinski definition) is 0. The number of likely N-dealkylation sites (tertiary alicyclic amines) is 1. The Kier molecular flexibility index (Phi) is 5.92. The first kappa shape index (κ1) is 21.1. The second-order valence-electron chi connectivity index (χ2n) is 9.03. The summed E-state index contributed by atoms with van der Waals surface area (Å²) in [4.78, 5) is 21.2. The predicted molar refractivity (Wildman–Crippen MR) is 129 cm³/mol. The van der Waals surface area contributed by atoms with E-state index in [9.17, 15) is 4.79 Å². The summed E-state index contributed by atoms with van der Waals surface area (Å²) < 4.78 is 2.33. The van der Waals surface area contributed by atoms with Gasteiger partial charge in [-0.05, 0) is 55.4 Å². The van der Waals surface area contributed by atoms with Crippen molar-refractivity contribution in [2.45, 2.75) is 31.7 Å². The highest BCUT2D eigenvalue weighted by atomic mass is 35.5. The first-order chi connectivity index (χ1) is 15.6. The molecule has 2 aliphatic rings. The molecule has 1 amide bonds. The van der Waals surface area contributed by atoms with Crippen LogP contribution in [0.1, 0.15) is 37.3 Å². The van der Waals surface area contributed by atoms with Gasteiger partial charge in [0.05, 0.1) is 30.8 Å². The van der Waals surface area contributed by atoms with Crippen LogP contribution in [0.25, 0.3) is 11.3 Å². The number of anilines is 1. The van der Waals surface area contributed by atoms with Crippen LogP contribution >= 0.6 is 11.6 Å². The van der Waals surface area contributed by atoms with Gasteiger partial charge in [-0.25, -0.2) is 4.98 Å². The molecule has 3 heterocycles. The van der Waals surface area contributed by atoms with Gasteiger partial charge in [-0.2, -0.15) is 0 Å².